The second kappa shape index (κ2) is 7.18. The maximum atomic E-state index is 9.85. The molecule has 0 radical (unpaired) electrons. The highest BCUT2D eigenvalue weighted by Gasteiger charge is 2.35. The summed E-state index contributed by atoms with van der Waals surface area (Å²) in [5.74, 6) is 0.799. The average molecular weight is 293 g/mol. The summed E-state index contributed by atoms with van der Waals surface area (Å²) in [6.07, 6.45) is 5.80. The van der Waals surface area contributed by atoms with Gasteiger partial charge in [-0.3, -0.25) is 0 Å². The summed E-state index contributed by atoms with van der Waals surface area (Å²) >= 11 is 0. The normalized spacial score (nSPS) is 22.6. The van der Waals surface area contributed by atoms with E-state index in [-0.39, 0.29) is 12.0 Å². The van der Waals surface area contributed by atoms with Crippen LogP contribution in [0.4, 0.5) is 5.95 Å². The molecule has 2 rings (SSSR count). The van der Waals surface area contributed by atoms with E-state index >= 15 is 0 Å². The molecular weight excluding hydrogens is 266 g/mol. The predicted molar refractivity (Wildman–Crippen MR) is 83.6 cm³/mol. The number of hydrogen-bond donors (Lipinski definition) is 1. The Labute approximate surface area is 127 Å². The molecule has 1 atom stereocenters. The number of anilines is 1. The Morgan fingerprint density at radius 3 is 2.95 bits per heavy atom. The summed E-state index contributed by atoms with van der Waals surface area (Å²) in [5, 5.41) is 9.85. The summed E-state index contributed by atoms with van der Waals surface area (Å²) in [5.41, 5.74) is 2.16. The van der Waals surface area contributed by atoms with Gasteiger partial charge in [0.2, 0.25) is 5.95 Å². The van der Waals surface area contributed by atoms with E-state index in [1.54, 1.807) is 7.11 Å². The molecule has 21 heavy (non-hydrogen) atoms. The number of aryl methyl sites for hydroxylation is 2. The van der Waals surface area contributed by atoms with Crippen molar-refractivity contribution < 1.29 is 9.84 Å². The van der Waals surface area contributed by atoms with Crippen molar-refractivity contribution in [3.63, 3.8) is 0 Å². The second-order valence-corrected chi connectivity index (χ2v) is 6.08. The summed E-state index contributed by atoms with van der Waals surface area (Å²) in [4.78, 5) is 11.4. The number of aromatic nitrogens is 2. The molecule has 1 aliphatic rings. The number of aliphatic hydroxyl groups excluding tert-OH is 1. The van der Waals surface area contributed by atoms with Crippen molar-refractivity contribution in [2.75, 3.05) is 38.3 Å². The molecule has 0 aromatic carbocycles. The van der Waals surface area contributed by atoms with Gasteiger partial charge in [-0.25, -0.2) is 9.97 Å². The summed E-state index contributed by atoms with van der Waals surface area (Å²) < 4.78 is 5.20. The zero-order chi connectivity index (χ0) is 15.3. The number of methoxy groups -OCH3 is 1. The number of nitrogens with zero attached hydrogens (tertiary/aromatic N) is 3. The van der Waals surface area contributed by atoms with Gasteiger partial charge in [0, 0.05) is 44.1 Å². The summed E-state index contributed by atoms with van der Waals surface area (Å²) in [6.45, 7) is 6.81. The molecule has 1 fully saturated rings. The smallest absolute Gasteiger partial charge is 0.225 e. The molecule has 1 saturated heterocycles. The van der Waals surface area contributed by atoms with Crippen molar-refractivity contribution in [2.24, 2.45) is 5.41 Å². The van der Waals surface area contributed by atoms with Gasteiger partial charge in [0.1, 0.15) is 0 Å². The topological polar surface area (TPSA) is 58.5 Å². The highest BCUT2D eigenvalue weighted by Crippen LogP contribution is 2.34. The van der Waals surface area contributed by atoms with Gasteiger partial charge in [-0.05, 0) is 38.2 Å². The molecule has 0 aliphatic carbocycles. The number of hydrogen-bond acceptors (Lipinski definition) is 5. The van der Waals surface area contributed by atoms with Crippen LogP contribution in [0.1, 0.15) is 37.4 Å². The van der Waals surface area contributed by atoms with Crippen LogP contribution in [-0.4, -0.2) is 48.5 Å². The number of aliphatic hydroxyl groups is 1. The first-order chi connectivity index (χ1) is 10.1. The van der Waals surface area contributed by atoms with Crippen LogP contribution in [0.3, 0.4) is 0 Å². The first-order valence-corrected chi connectivity index (χ1v) is 7.81. The lowest BCUT2D eigenvalue weighted by atomic mass is 9.78. The van der Waals surface area contributed by atoms with Crippen LogP contribution < -0.4 is 4.90 Å². The van der Waals surface area contributed by atoms with Crippen LogP contribution in [0.5, 0.6) is 0 Å². The van der Waals surface area contributed by atoms with Crippen molar-refractivity contribution >= 4 is 5.95 Å². The standard InChI is InChI=1S/C16H27N3O2/c1-4-14-13(2)10-17-15(18-14)19-8-5-6-16(11-19,12-20)7-9-21-3/h10,20H,4-9,11-12H2,1-3H3/t16-/m1/s1. The molecule has 0 unspecified atom stereocenters. The van der Waals surface area contributed by atoms with E-state index < -0.39 is 0 Å². The fourth-order valence-corrected chi connectivity index (χ4v) is 3.09. The van der Waals surface area contributed by atoms with Crippen molar-refractivity contribution in [2.45, 2.75) is 39.5 Å². The Morgan fingerprint density at radius 2 is 2.29 bits per heavy atom. The monoisotopic (exact) mass is 293 g/mol. The summed E-state index contributed by atoms with van der Waals surface area (Å²) in [7, 11) is 1.71. The molecular formula is C16H27N3O2. The minimum Gasteiger partial charge on any atom is -0.396 e. The van der Waals surface area contributed by atoms with Gasteiger partial charge in [0.25, 0.3) is 0 Å². The maximum absolute atomic E-state index is 9.85. The Kier molecular flexibility index (Phi) is 5.53. The van der Waals surface area contributed by atoms with E-state index in [1.165, 1.54) is 0 Å². The van der Waals surface area contributed by atoms with Crippen molar-refractivity contribution in [3.05, 3.63) is 17.5 Å². The molecule has 1 aliphatic heterocycles. The Balaban J connectivity index is 2.16. The van der Waals surface area contributed by atoms with Gasteiger partial charge in [0.15, 0.2) is 0 Å². The van der Waals surface area contributed by atoms with E-state index in [0.717, 1.165) is 56.0 Å². The highest BCUT2D eigenvalue weighted by molar-refractivity contribution is 5.34. The van der Waals surface area contributed by atoms with Crippen LogP contribution >= 0.6 is 0 Å². The fourth-order valence-electron chi connectivity index (χ4n) is 3.09. The average Bonchev–Trinajstić information content (AvgIpc) is 2.53. The molecule has 118 valence electrons. The molecule has 1 aromatic heterocycles. The van der Waals surface area contributed by atoms with E-state index in [2.05, 4.69) is 23.7 Å². The van der Waals surface area contributed by atoms with Gasteiger partial charge in [-0.15, -0.1) is 0 Å². The lowest BCUT2D eigenvalue weighted by Crippen LogP contribution is -2.46. The predicted octanol–water partition coefficient (Wildman–Crippen LogP) is 1.96. The van der Waals surface area contributed by atoms with Crippen LogP contribution in [0.2, 0.25) is 0 Å². The molecule has 5 heteroatoms. The number of ether oxygens (including phenoxy) is 1. The quantitative estimate of drug-likeness (QED) is 0.869. The zero-order valence-electron chi connectivity index (χ0n) is 13.4. The molecule has 0 amide bonds. The lowest BCUT2D eigenvalue weighted by molar-refractivity contribution is 0.0622. The van der Waals surface area contributed by atoms with E-state index in [4.69, 9.17) is 9.72 Å². The molecule has 2 heterocycles. The Hall–Kier alpha value is -1.20. The number of rotatable bonds is 6. The summed E-state index contributed by atoms with van der Waals surface area (Å²) in [6, 6.07) is 0. The fraction of sp³-hybridized carbons (Fsp3) is 0.750. The molecule has 5 nitrogen and oxygen atoms in total. The molecule has 1 N–H and O–H groups in total. The second-order valence-electron chi connectivity index (χ2n) is 6.08. The van der Waals surface area contributed by atoms with E-state index in [1.807, 2.05) is 6.20 Å². The number of piperidine rings is 1. The van der Waals surface area contributed by atoms with Gasteiger partial charge in [0.05, 0.1) is 6.61 Å². The third kappa shape index (κ3) is 3.71. The molecule has 0 bridgehead atoms. The minimum atomic E-state index is -0.0884. The lowest BCUT2D eigenvalue weighted by Gasteiger charge is -2.42. The van der Waals surface area contributed by atoms with Gasteiger partial charge < -0.3 is 14.7 Å². The van der Waals surface area contributed by atoms with Crippen LogP contribution in [0.15, 0.2) is 6.20 Å². The highest BCUT2D eigenvalue weighted by atomic mass is 16.5. The van der Waals surface area contributed by atoms with E-state index in [0.29, 0.717) is 6.61 Å². The molecule has 0 saturated carbocycles. The van der Waals surface area contributed by atoms with Crippen molar-refractivity contribution in [3.8, 4) is 0 Å². The van der Waals surface area contributed by atoms with Crippen LogP contribution in [0, 0.1) is 12.3 Å². The van der Waals surface area contributed by atoms with Gasteiger partial charge in [-0.1, -0.05) is 6.92 Å². The zero-order valence-corrected chi connectivity index (χ0v) is 13.4. The van der Waals surface area contributed by atoms with Gasteiger partial charge >= 0.3 is 0 Å². The SMILES string of the molecule is CCc1nc(N2CCC[C@@](CO)(CCOC)C2)ncc1C. The Bertz CT molecular complexity index is 467. The third-order valence-electron chi connectivity index (χ3n) is 4.51. The van der Waals surface area contributed by atoms with Crippen molar-refractivity contribution in [1.29, 1.82) is 0 Å². The first-order valence-electron chi connectivity index (χ1n) is 7.81. The van der Waals surface area contributed by atoms with Crippen molar-refractivity contribution in [1.82, 2.24) is 9.97 Å². The Morgan fingerprint density at radius 1 is 1.48 bits per heavy atom. The minimum absolute atomic E-state index is 0.0884. The van der Waals surface area contributed by atoms with Gasteiger partial charge in [-0.2, -0.15) is 0 Å². The van der Waals surface area contributed by atoms with E-state index in [9.17, 15) is 5.11 Å². The third-order valence-corrected chi connectivity index (χ3v) is 4.51. The van der Waals surface area contributed by atoms with Crippen LogP contribution in [-0.2, 0) is 11.2 Å². The largest absolute Gasteiger partial charge is 0.396 e. The maximum Gasteiger partial charge on any atom is 0.225 e. The molecule has 0 spiro atoms. The first kappa shape index (κ1) is 16.2. The van der Waals surface area contributed by atoms with Crippen LogP contribution in [0.25, 0.3) is 0 Å². The molecule has 1 aromatic rings.